The number of aromatic nitrogens is 1. The molecule has 0 unspecified atom stereocenters. The lowest BCUT2D eigenvalue weighted by molar-refractivity contribution is -0.121. The number of guanidine groups is 1. The molecule has 0 aromatic carbocycles. The maximum atomic E-state index is 12.5. The van der Waals surface area contributed by atoms with Crippen LogP contribution in [0.4, 0.5) is 0 Å². The number of aliphatic imine (C=N–C) groups is 1. The van der Waals surface area contributed by atoms with Gasteiger partial charge < -0.3 is 20.1 Å². The fourth-order valence-electron chi connectivity index (χ4n) is 2.85. The number of rotatable bonds is 8. The summed E-state index contributed by atoms with van der Waals surface area (Å²) in [6.45, 7) is 8.69. The zero-order valence-electron chi connectivity index (χ0n) is 16.7. The zero-order chi connectivity index (χ0) is 20.6. The topological polar surface area (TPSA) is 120 Å². The summed E-state index contributed by atoms with van der Waals surface area (Å²) in [6.07, 6.45) is 1.68. The molecule has 0 radical (unpaired) electrons. The van der Waals surface area contributed by atoms with Gasteiger partial charge in [0, 0.05) is 51.3 Å². The molecule has 1 fully saturated rings. The molecule has 10 nitrogen and oxygen atoms in total. The summed E-state index contributed by atoms with van der Waals surface area (Å²) in [5.74, 6) is 0.509. The lowest BCUT2D eigenvalue weighted by atomic mass is 10.3. The lowest BCUT2D eigenvalue weighted by Gasteiger charge is -2.35. The number of hydrogen-bond donors (Lipinski definition) is 2. The fraction of sp³-hybridized carbons (Fsp3) is 0.706. The largest absolute Gasteiger partial charge is 0.364 e. The van der Waals surface area contributed by atoms with Gasteiger partial charge in [-0.25, -0.2) is 8.42 Å². The first kappa shape index (κ1) is 22.2. The number of nitrogens with zero attached hydrogens (tertiary/aromatic N) is 4. The van der Waals surface area contributed by atoms with Gasteiger partial charge in [0.15, 0.2) is 5.96 Å². The second-order valence-electron chi connectivity index (χ2n) is 6.84. The van der Waals surface area contributed by atoms with Gasteiger partial charge >= 0.3 is 0 Å². The van der Waals surface area contributed by atoms with Crippen molar-refractivity contribution < 1.29 is 17.7 Å². The summed E-state index contributed by atoms with van der Waals surface area (Å²) in [6, 6.07) is 1.66. The summed E-state index contributed by atoms with van der Waals surface area (Å²) >= 11 is 0. The van der Waals surface area contributed by atoms with Crippen molar-refractivity contribution in [1.29, 1.82) is 0 Å². The predicted octanol–water partition coefficient (Wildman–Crippen LogP) is 0.00220. The van der Waals surface area contributed by atoms with E-state index in [0.29, 0.717) is 57.3 Å². The summed E-state index contributed by atoms with van der Waals surface area (Å²) < 4.78 is 31.2. The van der Waals surface area contributed by atoms with Gasteiger partial charge in [-0.2, -0.15) is 4.31 Å². The van der Waals surface area contributed by atoms with E-state index in [9.17, 15) is 13.2 Å². The van der Waals surface area contributed by atoms with Crippen LogP contribution in [0.25, 0.3) is 0 Å². The Morgan fingerprint density at radius 1 is 1.32 bits per heavy atom. The number of carbonyl (C=O) groups is 1. The molecule has 1 aromatic heterocycles. The van der Waals surface area contributed by atoms with E-state index in [-0.39, 0.29) is 17.7 Å². The van der Waals surface area contributed by atoms with Crippen molar-refractivity contribution in [2.24, 2.45) is 4.99 Å². The van der Waals surface area contributed by atoms with Crippen molar-refractivity contribution in [1.82, 2.24) is 25.0 Å². The molecule has 158 valence electrons. The van der Waals surface area contributed by atoms with Crippen LogP contribution in [0.2, 0.25) is 0 Å². The van der Waals surface area contributed by atoms with E-state index in [1.165, 1.54) is 10.6 Å². The summed E-state index contributed by atoms with van der Waals surface area (Å²) in [7, 11) is -3.44. The van der Waals surface area contributed by atoms with Crippen molar-refractivity contribution >= 4 is 21.9 Å². The highest BCUT2D eigenvalue weighted by molar-refractivity contribution is 7.88. The van der Waals surface area contributed by atoms with Crippen LogP contribution in [-0.2, 0) is 20.6 Å². The van der Waals surface area contributed by atoms with E-state index in [1.807, 2.05) is 25.7 Å². The van der Waals surface area contributed by atoms with Crippen molar-refractivity contribution in [2.75, 3.05) is 39.3 Å². The van der Waals surface area contributed by atoms with Crippen molar-refractivity contribution in [2.45, 2.75) is 39.0 Å². The van der Waals surface area contributed by atoms with Gasteiger partial charge in [0.25, 0.3) is 0 Å². The van der Waals surface area contributed by atoms with Crippen LogP contribution in [0.3, 0.4) is 0 Å². The van der Waals surface area contributed by atoms with E-state index in [2.05, 4.69) is 20.8 Å². The number of piperazine rings is 1. The monoisotopic (exact) mass is 414 g/mol. The van der Waals surface area contributed by atoms with Crippen molar-refractivity contribution in [3.05, 3.63) is 18.0 Å². The van der Waals surface area contributed by atoms with Gasteiger partial charge in [-0.1, -0.05) is 5.16 Å². The molecule has 1 aliphatic heterocycles. The van der Waals surface area contributed by atoms with Crippen LogP contribution in [0.1, 0.15) is 32.9 Å². The number of amides is 1. The van der Waals surface area contributed by atoms with Gasteiger partial charge in [0.2, 0.25) is 15.9 Å². The molecule has 28 heavy (non-hydrogen) atoms. The number of nitrogens with one attached hydrogen (secondary N) is 2. The van der Waals surface area contributed by atoms with Gasteiger partial charge in [0.05, 0.1) is 12.2 Å². The molecule has 2 heterocycles. The summed E-state index contributed by atoms with van der Waals surface area (Å²) in [5.41, 5.74) is 0.400. The fourth-order valence-corrected chi connectivity index (χ4v) is 4.28. The maximum Gasteiger partial charge on any atom is 0.222 e. The minimum Gasteiger partial charge on any atom is -0.364 e. The standard InChI is InChI=1S/C17H30N6O4S/c1-4-18-17(19-7-5-16(24)20-14(2)3)22-8-10-23(11-9-22)28(25,26)13-15-6-12-27-21-15/h6,12,14H,4-5,7-11,13H2,1-3H3,(H,18,19)(H,20,24). The van der Waals surface area contributed by atoms with E-state index in [1.54, 1.807) is 6.07 Å². The first-order chi connectivity index (χ1) is 13.3. The molecule has 0 atom stereocenters. The summed E-state index contributed by atoms with van der Waals surface area (Å²) in [5, 5.41) is 9.73. The minimum absolute atomic E-state index is 0.0293. The Labute approximate surface area is 166 Å². The number of sulfonamides is 1. The Bertz CT molecular complexity index is 740. The van der Waals surface area contributed by atoms with Crippen LogP contribution in [0.15, 0.2) is 21.8 Å². The number of carbonyl (C=O) groups excluding carboxylic acids is 1. The quantitative estimate of drug-likeness (QED) is 0.454. The third-order valence-electron chi connectivity index (χ3n) is 4.14. The van der Waals surface area contributed by atoms with Gasteiger partial charge in [-0.05, 0) is 20.8 Å². The number of hydrogen-bond acceptors (Lipinski definition) is 6. The molecule has 0 saturated carbocycles. The van der Waals surface area contributed by atoms with Gasteiger partial charge in [-0.15, -0.1) is 0 Å². The summed E-state index contributed by atoms with van der Waals surface area (Å²) in [4.78, 5) is 18.3. The second-order valence-corrected chi connectivity index (χ2v) is 8.81. The molecule has 1 amide bonds. The zero-order valence-corrected chi connectivity index (χ0v) is 17.5. The molecule has 1 saturated heterocycles. The molecule has 0 aliphatic carbocycles. The lowest BCUT2D eigenvalue weighted by Crippen LogP contribution is -2.54. The van der Waals surface area contributed by atoms with Crippen LogP contribution in [0, 0.1) is 0 Å². The molecule has 0 bridgehead atoms. The van der Waals surface area contributed by atoms with E-state index in [4.69, 9.17) is 4.52 Å². The maximum absolute atomic E-state index is 12.5. The Hall–Kier alpha value is -2.14. The highest BCUT2D eigenvalue weighted by atomic mass is 32.2. The second kappa shape index (κ2) is 10.4. The Kier molecular flexibility index (Phi) is 8.24. The van der Waals surface area contributed by atoms with E-state index >= 15 is 0 Å². The average molecular weight is 415 g/mol. The van der Waals surface area contributed by atoms with Gasteiger partial charge in [-0.3, -0.25) is 9.79 Å². The highest BCUT2D eigenvalue weighted by Gasteiger charge is 2.29. The Morgan fingerprint density at radius 3 is 2.61 bits per heavy atom. The average Bonchev–Trinajstić information content (AvgIpc) is 3.13. The molecule has 2 N–H and O–H groups in total. The molecule has 2 rings (SSSR count). The van der Waals surface area contributed by atoms with Crippen molar-refractivity contribution in [3.8, 4) is 0 Å². The van der Waals surface area contributed by atoms with E-state index < -0.39 is 10.0 Å². The molecule has 0 spiro atoms. The highest BCUT2D eigenvalue weighted by Crippen LogP contribution is 2.13. The third-order valence-corrected chi connectivity index (χ3v) is 5.95. The van der Waals surface area contributed by atoms with Crippen LogP contribution in [-0.4, -0.2) is 80.0 Å². The first-order valence-electron chi connectivity index (χ1n) is 9.51. The molecular weight excluding hydrogens is 384 g/mol. The minimum atomic E-state index is -3.44. The molecule has 11 heteroatoms. The Morgan fingerprint density at radius 2 is 2.04 bits per heavy atom. The van der Waals surface area contributed by atoms with Crippen LogP contribution < -0.4 is 10.6 Å². The van der Waals surface area contributed by atoms with E-state index in [0.717, 1.165) is 0 Å². The van der Waals surface area contributed by atoms with Gasteiger partial charge in [0.1, 0.15) is 12.0 Å². The third kappa shape index (κ3) is 6.79. The molecule has 1 aromatic rings. The molecular formula is C17H30N6O4S. The van der Waals surface area contributed by atoms with Crippen LogP contribution >= 0.6 is 0 Å². The molecule has 1 aliphatic rings. The van der Waals surface area contributed by atoms with Crippen LogP contribution in [0.5, 0.6) is 0 Å². The smallest absolute Gasteiger partial charge is 0.222 e. The predicted molar refractivity (Wildman–Crippen MR) is 106 cm³/mol. The van der Waals surface area contributed by atoms with Crippen molar-refractivity contribution in [3.63, 3.8) is 0 Å². The SMILES string of the molecule is CCNC(=NCCC(=O)NC(C)C)N1CCN(S(=O)(=O)Cc2ccon2)CC1. The first-order valence-corrected chi connectivity index (χ1v) is 11.1. The normalized spacial score (nSPS) is 16.4. The Balaban J connectivity index is 1.89.